The van der Waals surface area contributed by atoms with Crippen LogP contribution in [0, 0.1) is 0 Å². The molecule has 2 atom stereocenters. The van der Waals surface area contributed by atoms with Crippen LogP contribution in [0.1, 0.15) is 47.0 Å². The first-order valence-electron chi connectivity index (χ1n) is 10.9. The van der Waals surface area contributed by atoms with Gasteiger partial charge in [-0.15, -0.1) is 10.2 Å². The Kier molecular flexibility index (Phi) is 7.89. The lowest BCUT2D eigenvalue weighted by atomic mass is 10.2. The van der Waals surface area contributed by atoms with Crippen LogP contribution >= 0.6 is 11.8 Å². The van der Waals surface area contributed by atoms with Crippen molar-refractivity contribution < 1.29 is 9.59 Å². The van der Waals surface area contributed by atoms with Gasteiger partial charge in [0.05, 0.1) is 16.7 Å². The number of aryl methyl sites for hydroxylation is 1. The molecule has 0 saturated carbocycles. The number of thioether (sulfide) groups is 1. The molecule has 0 aliphatic carbocycles. The van der Waals surface area contributed by atoms with Crippen LogP contribution in [0.15, 0.2) is 34.2 Å². The molecule has 0 saturated heterocycles. The summed E-state index contributed by atoms with van der Waals surface area (Å²) in [5.74, 6) is 0.347. The van der Waals surface area contributed by atoms with E-state index in [0.717, 1.165) is 12.8 Å². The predicted octanol–water partition coefficient (Wildman–Crippen LogP) is 2.36. The van der Waals surface area contributed by atoms with Crippen molar-refractivity contribution in [2.45, 2.75) is 70.7 Å². The van der Waals surface area contributed by atoms with E-state index in [1.807, 2.05) is 39.8 Å². The second-order valence-electron chi connectivity index (χ2n) is 7.88. The van der Waals surface area contributed by atoms with Gasteiger partial charge in [0.2, 0.25) is 17.6 Å². The topological polar surface area (TPSA) is 110 Å². The van der Waals surface area contributed by atoms with E-state index in [2.05, 4.69) is 20.8 Å². The molecule has 32 heavy (non-hydrogen) atoms. The number of rotatable bonds is 10. The summed E-state index contributed by atoms with van der Waals surface area (Å²) in [6, 6.07) is 7.40. The minimum atomic E-state index is -0.220. The van der Waals surface area contributed by atoms with Gasteiger partial charge in [0.25, 0.3) is 5.56 Å². The van der Waals surface area contributed by atoms with Crippen LogP contribution in [0.5, 0.6) is 0 Å². The minimum Gasteiger partial charge on any atom is -0.354 e. The van der Waals surface area contributed by atoms with E-state index in [1.54, 1.807) is 16.5 Å². The lowest BCUT2D eigenvalue weighted by Gasteiger charge is -2.13. The Bertz CT molecular complexity index is 1170. The molecule has 3 aromatic rings. The maximum absolute atomic E-state index is 13.1. The molecule has 2 amide bonds. The average molecular weight is 459 g/mol. The fourth-order valence-corrected chi connectivity index (χ4v) is 3.99. The van der Waals surface area contributed by atoms with E-state index < -0.39 is 0 Å². The molecule has 2 aromatic heterocycles. The van der Waals surface area contributed by atoms with Gasteiger partial charge in [0, 0.05) is 25.0 Å². The van der Waals surface area contributed by atoms with Crippen LogP contribution in [0.3, 0.4) is 0 Å². The Hall–Kier alpha value is -2.88. The van der Waals surface area contributed by atoms with Gasteiger partial charge in [-0.2, -0.15) is 0 Å². The number of nitrogens with zero attached hydrogens (tertiary/aromatic N) is 4. The zero-order valence-corrected chi connectivity index (χ0v) is 19.7. The number of fused-ring (bicyclic) bond motifs is 3. The fourth-order valence-electron chi connectivity index (χ4n) is 3.24. The summed E-state index contributed by atoms with van der Waals surface area (Å²) < 4.78 is 3.26. The number of para-hydroxylation sites is 1. The van der Waals surface area contributed by atoms with Crippen LogP contribution in [-0.2, 0) is 16.1 Å². The van der Waals surface area contributed by atoms with Gasteiger partial charge >= 0.3 is 0 Å². The maximum atomic E-state index is 13.1. The third-order valence-electron chi connectivity index (χ3n) is 5.41. The second-order valence-corrected chi connectivity index (χ2v) is 8.83. The monoisotopic (exact) mass is 458 g/mol. The maximum Gasteiger partial charge on any atom is 0.262 e. The molecular formula is C22H30N6O3S. The molecule has 0 aliphatic rings. The Morgan fingerprint density at radius 2 is 1.69 bits per heavy atom. The van der Waals surface area contributed by atoms with Gasteiger partial charge in [-0.05, 0) is 38.8 Å². The number of carbonyl (C=O) groups excluding carboxylic acids is 2. The molecule has 1 aromatic carbocycles. The van der Waals surface area contributed by atoms with Crippen LogP contribution in [0.4, 0.5) is 0 Å². The van der Waals surface area contributed by atoms with Crippen molar-refractivity contribution in [2.75, 3.05) is 5.75 Å². The SMILES string of the molecule is CCC(C)NC(=O)CCn1c(=O)c2ccccc2n2c(SCC(=O)NC(C)CC)nnc12. The molecule has 2 unspecified atom stereocenters. The highest BCUT2D eigenvalue weighted by atomic mass is 32.2. The molecule has 9 nitrogen and oxygen atoms in total. The number of nitrogens with one attached hydrogen (secondary N) is 2. The van der Waals surface area contributed by atoms with Crippen molar-refractivity contribution in [3.8, 4) is 0 Å². The standard InChI is InChI=1S/C22H30N6O3S/c1-5-14(3)23-18(29)11-12-27-20(31)16-9-7-8-10-17(16)28-21(27)25-26-22(28)32-13-19(30)24-15(4)6-2/h7-10,14-15H,5-6,11-13H2,1-4H3,(H,23,29)(H,24,30). The van der Waals surface area contributed by atoms with Crippen LogP contribution in [-0.4, -0.2) is 48.8 Å². The molecule has 172 valence electrons. The number of benzene rings is 1. The van der Waals surface area contributed by atoms with Gasteiger partial charge in [0.1, 0.15) is 0 Å². The summed E-state index contributed by atoms with van der Waals surface area (Å²) in [4.78, 5) is 37.6. The minimum absolute atomic E-state index is 0.0773. The van der Waals surface area contributed by atoms with Crippen molar-refractivity contribution >= 4 is 40.3 Å². The van der Waals surface area contributed by atoms with Crippen molar-refractivity contribution in [2.24, 2.45) is 0 Å². The molecule has 2 N–H and O–H groups in total. The molecule has 0 bridgehead atoms. The third-order valence-corrected chi connectivity index (χ3v) is 6.34. The first kappa shape index (κ1) is 23.8. The van der Waals surface area contributed by atoms with Gasteiger partial charge in [0.15, 0.2) is 5.16 Å². The number of hydrogen-bond donors (Lipinski definition) is 2. The average Bonchev–Trinajstić information content (AvgIpc) is 3.21. The normalized spacial score (nSPS) is 13.2. The predicted molar refractivity (Wildman–Crippen MR) is 126 cm³/mol. The molecular weight excluding hydrogens is 428 g/mol. The molecule has 0 fully saturated rings. The molecule has 0 aliphatic heterocycles. The van der Waals surface area contributed by atoms with E-state index in [-0.39, 0.29) is 48.2 Å². The van der Waals surface area contributed by atoms with E-state index in [0.29, 0.717) is 21.8 Å². The third kappa shape index (κ3) is 5.29. The van der Waals surface area contributed by atoms with Crippen molar-refractivity contribution in [3.63, 3.8) is 0 Å². The van der Waals surface area contributed by atoms with Gasteiger partial charge in [-0.1, -0.05) is 37.7 Å². The first-order chi connectivity index (χ1) is 15.3. The first-order valence-corrected chi connectivity index (χ1v) is 11.9. The number of aromatic nitrogens is 4. The lowest BCUT2D eigenvalue weighted by Crippen LogP contribution is -2.34. The number of hydrogen-bond acceptors (Lipinski definition) is 6. The Labute approximate surface area is 191 Å². The van der Waals surface area contributed by atoms with E-state index in [4.69, 9.17) is 0 Å². The Balaban J connectivity index is 1.93. The van der Waals surface area contributed by atoms with E-state index >= 15 is 0 Å². The highest BCUT2D eigenvalue weighted by Gasteiger charge is 2.18. The Morgan fingerprint density at radius 1 is 1.03 bits per heavy atom. The summed E-state index contributed by atoms with van der Waals surface area (Å²) in [5, 5.41) is 15.4. The van der Waals surface area contributed by atoms with Crippen molar-refractivity contribution in [1.29, 1.82) is 0 Å². The summed E-state index contributed by atoms with van der Waals surface area (Å²) in [6.45, 7) is 8.10. The van der Waals surface area contributed by atoms with Crippen molar-refractivity contribution in [3.05, 3.63) is 34.6 Å². The Morgan fingerprint density at radius 3 is 2.38 bits per heavy atom. The number of carbonyl (C=O) groups is 2. The summed E-state index contributed by atoms with van der Waals surface area (Å²) in [5.41, 5.74) is 0.450. The smallest absolute Gasteiger partial charge is 0.262 e. The second kappa shape index (κ2) is 10.6. The fraction of sp³-hybridized carbons (Fsp3) is 0.500. The van der Waals surface area contributed by atoms with E-state index in [1.165, 1.54) is 16.3 Å². The zero-order chi connectivity index (χ0) is 23.3. The van der Waals surface area contributed by atoms with Crippen molar-refractivity contribution in [1.82, 2.24) is 29.8 Å². The molecule has 0 spiro atoms. The van der Waals surface area contributed by atoms with Crippen LogP contribution in [0.25, 0.3) is 16.7 Å². The molecule has 2 heterocycles. The van der Waals surface area contributed by atoms with Gasteiger partial charge < -0.3 is 10.6 Å². The summed E-state index contributed by atoms with van der Waals surface area (Å²) in [6.07, 6.45) is 1.85. The lowest BCUT2D eigenvalue weighted by molar-refractivity contribution is -0.122. The highest BCUT2D eigenvalue weighted by molar-refractivity contribution is 7.99. The summed E-state index contributed by atoms with van der Waals surface area (Å²) >= 11 is 1.26. The zero-order valence-electron chi connectivity index (χ0n) is 18.9. The largest absolute Gasteiger partial charge is 0.354 e. The molecule has 0 radical (unpaired) electrons. The highest BCUT2D eigenvalue weighted by Crippen LogP contribution is 2.21. The molecule has 10 heteroatoms. The number of amides is 2. The van der Waals surface area contributed by atoms with Crippen LogP contribution < -0.4 is 16.2 Å². The van der Waals surface area contributed by atoms with Crippen LogP contribution in [0.2, 0.25) is 0 Å². The van der Waals surface area contributed by atoms with E-state index in [9.17, 15) is 14.4 Å². The van der Waals surface area contributed by atoms with Gasteiger partial charge in [-0.25, -0.2) is 0 Å². The molecule has 3 rings (SSSR count). The quantitative estimate of drug-likeness (QED) is 0.451. The summed E-state index contributed by atoms with van der Waals surface area (Å²) in [7, 11) is 0. The van der Waals surface area contributed by atoms with Gasteiger partial charge in [-0.3, -0.25) is 23.4 Å².